The van der Waals surface area contributed by atoms with E-state index < -0.39 is 11.6 Å². The zero-order valence-corrected chi connectivity index (χ0v) is 17.4. The lowest BCUT2D eigenvalue weighted by Gasteiger charge is -2.19. The van der Waals surface area contributed by atoms with Gasteiger partial charge < -0.3 is 15.5 Å². The summed E-state index contributed by atoms with van der Waals surface area (Å²) in [4.78, 5) is 14.1. The normalized spacial score (nSPS) is 15.8. The number of halogens is 3. The first-order valence-corrected chi connectivity index (χ1v) is 10.4. The fraction of sp³-hybridized carbons (Fsp3) is 0.273. The quantitative estimate of drug-likeness (QED) is 0.599. The molecule has 0 bridgehead atoms. The molecule has 1 aliphatic heterocycles. The lowest BCUT2D eigenvalue weighted by molar-refractivity contribution is 0.239. The second-order valence-corrected chi connectivity index (χ2v) is 7.97. The van der Waals surface area contributed by atoms with Crippen molar-refractivity contribution in [3.05, 3.63) is 77.1 Å². The van der Waals surface area contributed by atoms with Crippen molar-refractivity contribution >= 4 is 23.3 Å². The van der Waals surface area contributed by atoms with E-state index in [1.807, 2.05) is 23.2 Å². The van der Waals surface area contributed by atoms with Crippen LogP contribution in [0.1, 0.15) is 12.0 Å². The second-order valence-electron chi connectivity index (χ2n) is 7.53. The van der Waals surface area contributed by atoms with Gasteiger partial charge in [-0.25, -0.2) is 18.3 Å². The van der Waals surface area contributed by atoms with Crippen LogP contribution in [0.15, 0.2) is 54.9 Å². The second kappa shape index (κ2) is 9.34. The minimum atomic E-state index is -0.850. The molecule has 0 aliphatic carbocycles. The van der Waals surface area contributed by atoms with Gasteiger partial charge in [0, 0.05) is 54.7 Å². The van der Waals surface area contributed by atoms with Crippen molar-refractivity contribution in [3.63, 3.8) is 0 Å². The van der Waals surface area contributed by atoms with Gasteiger partial charge in [0.1, 0.15) is 0 Å². The SMILES string of the molecule is O=C(NCc1cnn(-c2ccc(Cl)cc2)c1)NCC1CCN(c2ccc(F)c(F)c2)C1. The van der Waals surface area contributed by atoms with Gasteiger partial charge in [0.05, 0.1) is 11.9 Å². The van der Waals surface area contributed by atoms with Crippen LogP contribution in [0, 0.1) is 17.6 Å². The number of aromatic nitrogens is 2. The predicted molar refractivity (Wildman–Crippen MR) is 115 cm³/mol. The summed E-state index contributed by atoms with van der Waals surface area (Å²) in [7, 11) is 0. The Labute approximate surface area is 183 Å². The van der Waals surface area contributed by atoms with Crippen LogP contribution in [0.2, 0.25) is 5.02 Å². The van der Waals surface area contributed by atoms with E-state index in [1.54, 1.807) is 29.1 Å². The first-order chi connectivity index (χ1) is 15.0. The van der Waals surface area contributed by atoms with Crippen LogP contribution in [0.5, 0.6) is 0 Å². The Balaban J connectivity index is 1.21. The molecule has 1 atom stereocenters. The fourth-order valence-electron chi connectivity index (χ4n) is 3.58. The first-order valence-electron chi connectivity index (χ1n) is 9.99. The Bertz CT molecular complexity index is 1060. The fourth-order valence-corrected chi connectivity index (χ4v) is 3.71. The molecule has 0 saturated carbocycles. The summed E-state index contributed by atoms with van der Waals surface area (Å²) < 4.78 is 28.3. The average molecular weight is 446 g/mol. The van der Waals surface area contributed by atoms with Crippen molar-refractivity contribution in [2.75, 3.05) is 24.5 Å². The minimum absolute atomic E-state index is 0.242. The Morgan fingerprint density at radius 2 is 1.87 bits per heavy atom. The van der Waals surface area contributed by atoms with Gasteiger partial charge in [-0.1, -0.05) is 11.6 Å². The van der Waals surface area contributed by atoms with E-state index in [-0.39, 0.29) is 11.9 Å². The number of benzene rings is 2. The van der Waals surface area contributed by atoms with Crippen LogP contribution in [0.3, 0.4) is 0 Å². The molecular formula is C22H22ClF2N5O. The third kappa shape index (κ3) is 5.32. The van der Waals surface area contributed by atoms with Crippen molar-refractivity contribution in [3.8, 4) is 5.69 Å². The Morgan fingerprint density at radius 3 is 2.65 bits per heavy atom. The molecule has 1 aromatic heterocycles. The van der Waals surface area contributed by atoms with Gasteiger partial charge in [-0.2, -0.15) is 5.10 Å². The molecule has 0 radical (unpaired) electrons. The number of carbonyl (C=O) groups excluding carboxylic acids is 1. The summed E-state index contributed by atoms with van der Waals surface area (Å²) in [5, 5.41) is 10.7. The molecule has 162 valence electrons. The summed E-state index contributed by atoms with van der Waals surface area (Å²) in [6.07, 6.45) is 4.42. The topological polar surface area (TPSA) is 62.2 Å². The highest BCUT2D eigenvalue weighted by atomic mass is 35.5. The lowest BCUT2D eigenvalue weighted by atomic mass is 10.1. The summed E-state index contributed by atoms with van der Waals surface area (Å²) in [5.41, 5.74) is 2.41. The summed E-state index contributed by atoms with van der Waals surface area (Å²) in [6, 6.07) is 11.0. The predicted octanol–water partition coefficient (Wildman–Crippen LogP) is 4.13. The van der Waals surface area contributed by atoms with Crippen molar-refractivity contribution < 1.29 is 13.6 Å². The van der Waals surface area contributed by atoms with Gasteiger partial charge in [0.15, 0.2) is 11.6 Å². The molecule has 2 heterocycles. The molecule has 2 N–H and O–H groups in total. The lowest BCUT2D eigenvalue weighted by Crippen LogP contribution is -2.38. The van der Waals surface area contributed by atoms with Crippen LogP contribution in [0.4, 0.5) is 19.3 Å². The average Bonchev–Trinajstić information content (AvgIpc) is 3.43. The molecule has 2 aromatic carbocycles. The zero-order valence-electron chi connectivity index (χ0n) is 16.7. The molecule has 6 nitrogen and oxygen atoms in total. The maximum atomic E-state index is 13.4. The zero-order chi connectivity index (χ0) is 21.8. The largest absolute Gasteiger partial charge is 0.371 e. The van der Waals surface area contributed by atoms with E-state index >= 15 is 0 Å². The van der Waals surface area contributed by atoms with Gasteiger partial charge >= 0.3 is 6.03 Å². The highest BCUT2D eigenvalue weighted by Crippen LogP contribution is 2.25. The van der Waals surface area contributed by atoms with Crippen molar-refractivity contribution in [2.45, 2.75) is 13.0 Å². The number of carbonyl (C=O) groups is 1. The van der Waals surface area contributed by atoms with Gasteiger partial charge in [-0.3, -0.25) is 0 Å². The Morgan fingerprint density at radius 1 is 1.10 bits per heavy atom. The molecule has 3 aromatic rings. The molecular weight excluding hydrogens is 424 g/mol. The van der Waals surface area contributed by atoms with Gasteiger partial charge in [-0.15, -0.1) is 0 Å². The molecule has 0 spiro atoms. The first kappa shape index (κ1) is 21.1. The molecule has 1 saturated heterocycles. The minimum Gasteiger partial charge on any atom is -0.371 e. The molecule has 1 fully saturated rings. The smallest absolute Gasteiger partial charge is 0.315 e. The Hall–Kier alpha value is -3.13. The van der Waals surface area contributed by atoms with E-state index in [0.29, 0.717) is 30.3 Å². The van der Waals surface area contributed by atoms with Crippen LogP contribution >= 0.6 is 11.6 Å². The van der Waals surface area contributed by atoms with E-state index in [1.165, 1.54) is 6.07 Å². The highest BCUT2D eigenvalue weighted by Gasteiger charge is 2.23. The summed E-state index contributed by atoms with van der Waals surface area (Å²) in [6.45, 7) is 2.28. The van der Waals surface area contributed by atoms with Crippen LogP contribution < -0.4 is 15.5 Å². The summed E-state index contributed by atoms with van der Waals surface area (Å²) in [5.74, 6) is -1.46. The number of hydrogen-bond acceptors (Lipinski definition) is 3. The molecule has 31 heavy (non-hydrogen) atoms. The molecule has 1 aliphatic rings. The number of urea groups is 1. The van der Waals surface area contributed by atoms with Crippen LogP contribution in [-0.2, 0) is 6.54 Å². The number of nitrogens with one attached hydrogen (secondary N) is 2. The molecule has 1 unspecified atom stereocenters. The molecule has 2 amide bonds. The van der Waals surface area contributed by atoms with Crippen molar-refractivity contribution in [2.24, 2.45) is 5.92 Å². The van der Waals surface area contributed by atoms with Crippen molar-refractivity contribution in [1.29, 1.82) is 0 Å². The highest BCUT2D eigenvalue weighted by molar-refractivity contribution is 6.30. The maximum absolute atomic E-state index is 13.4. The van der Waals surface area contributed by atoms with E-state index in [4.69, 9.17) is 11.6 Å². The van der Waals surface area contributed by atoms with Crippen LogP contribution in [0.25, 0.3) is 5.69 Å². The van der Waals surface area contributed by atoms with E-state index in [0.717, 1.165) is 30.3 Å². The number of anilines is 1. The van der Waals surface area contributed by atoms with E-state index in [9.17, 15) is 13.6 Å². The molecule has 9 heteroatoms. The summed E-state index contributed by atoms with van der Waals surface area (Å²) >= 11 is 5.90. The standard InChI is InChI=1S/C22H22ClF2N5O/c23-17-1-3-18(4-2-17)30-14-16(12-28-30)11-27-22(31)26-10-15-7-8-29(13-15)19-5-6-20(24)21(25)9-19/h1-6,9,12,14-15H,7-8,10-11,13H2,(H2,26,27,31). The van der Waals surface area contributed by atoms with Gasteiger partial charge in [-0.05, 0) is 48.7 Å². The van der Waals surface area contributed by atoms with E-state index in [2.05, 4.69) is 15.7 Å². The Kier molecular flexibility index (Phi) is 6.36. The number of rotatable bonds is 6. The van der Waals surface area contributed by atoms with Gasteiger partial charge in [0.25, 0.3) is 0 Å². The number of amides is 2. The monoisotopic (exact) mass is 445 g/mol. The van der Waals surface area contributed by atoms with Crippen molar-refractivity contribution in [1.82, 2.24) is 20.4 Å². The number of nitrogens with zero attached hydrogens (tertiary/aromatic N) is 3. The van der Waals surface area contributed by atoms with Gasteiger partial charge in [0.2, 0.25) is 0 Å². The third-order valence-corrected chi connectivity index (χ3v) is 5.54. The third-order valence-electron chi connectivity index (χ3n) is 5.29. The molecule has 4 rings (SSSR count). The van der Waals surface area contributed by atoms with Crippen LogP contribution in [-0.4, -0.2) is 35.4 Å². The maximum Gasteiger partial charge on any atom is 0.315 e. The number of hydrogen-bond donors (Lipinski definition) is 2.